The minimum Gasteiger partial charge on any atom is -0.505 e. The zero-order valence-corrected chi connectivity index (χ0v) is 12.3. The normalized spacial score (nSPS) is 22.7. The second-order valence-corrected chi connectivity index (χ2v) is 6.14. The van der Waals surface area contributed by atoms with E-state index in [4.69, 9.17) is 9.81 Å². The lowest BCUT2D eigenvalue weighted by molar-refractivity contribution is 0.195. The minimum atomic E-state index is 0.0987. The molecule has 20 heavy (non-hydrogen) atoms. The predicted molar refractivity (Wildman–Crippen MR) is 78.2 cm³/mol. The van der Waals surface area contributed by atoms with Crippen LogP contribution in [0.25, 0.3) is 10.7 Å². The molecule has 0 fully saturated rings. The number of aliphatic hydroxyl groups is 1. The third-order valence-corrected chi connectivity index (χ3v) is 4.31. The summed E-state index contributed by atoms with van der Waals surface area (Å²) in [5.41, 5.74) is 2.19. The van der Waals surface area contributed by atoms with Gasteiger partial charge in [-0.2, -0.15) is 0 Å². The third kappa shape index (κ3) is 2.77. The Hall–Kier alpha value is -2.02. The van der Waals surface area contributed by atoms with Crippen LogP contribution in [0.3, 0.4) is 0 Å². The molecule has 1 N–H and O–H groups in total. The number of rotatable bonds is 3. The van der Waals surface area contributed by atoms with Gasteiger partial charge in [-0.15, -0.1) is 0 Å². The van der Waals surface area contributed by atoms with Crippen molar-refractivity contribution in [3.8, 4) is 0 Å². The Kier molecular flexibility index (Phi) is 3.99. The van der Waals surface area contributed by atoms with Crippen molar-refractivity contribution in [3.63, 3.8) is 0 Å². The standard InChI is InChI=1S/C16H20N2O2/c1-11-5-4-7-16(2,3)13(11)9-14(19)15(18-17)12-6-8-20-10-12/h5-6,8,10,13H,4,7,9H2,1-3H3/p+1/b15-14+. The topological polar surface area (TPSA) is 61.5 Å². The first-order chi connectivity index (χ1) is 9.45. The molecule has 1 aromatic rings. The maximum Gasteiger partial charge on any atom is 0.432 e. The molecule has 1 aliphatic rings. The van der Waals surface area contributed by atoms with Crippen LogP contribution in [0.2, 0.25) is 0 Å². The molecule has 1 aromatic heterocycles. The van der Waals surface area contributed by atoms with Gasteiger partial charge in [0.05, 0.1) is 6.26 Å². The van der Waals surface area contributed by atoms with Gasteiger partial charge in [0.25, 0.3) is 0 Å². The highest BCUT2D eigenvalue weighted by molar-refractivity contribution is 5.71. The molecule has 1 aliphatic carbocycles. The van der Waals surface area contributed by atoms with Crippen LogP contribution in [0.5, 0.6) is 0 Å². The molecule has 1 heterocycles. The lowest BCUT2D eigenvalue weighted by Crippen LogP contribution is -2.28. The third-order valence-electron chi connectivity index (χ3n) is 4.31. The average molecular weight is 273 g/mol. The Balaban J connectivity index is 2.30. The summed E-state index contributed by atoms with van der Waals surface area (Å²) in [6.45, 7) is 6.54. The summed E-state index contributed by atoms with van der Waals surface area (Å²) in [5, 5.41) is 19.5. The summed E-state index contributed by atoms with van der Waals surface area (Å²) in [4.78, 5) is 3.22. The highest BCUT2D eigenvalue weighted by Gasteiger charge is 2.35. The number of allylic oxidation sites excluding steroid dienone is 3. The number of hydrogen-bond acceptors (Lipinski definition) is 3. The second kappa shape index (κ2) is 5.54. The van der Waals surface area contributed by atoms with Crippen LogP contribution in [-0.4, -0.2) is 5.11 Å². The van der Waals surface area contributed by atoms with Crippen molar-refractivity contribution >= 4 is 5.70 Å². The van der Waals surface area contributed by atoms with E-state index in [0.717, 1.165) is 12.8 Å². The molecule has 2 rings (SSSR count). The quantitative estimate of drug-likeness (QED) is 0.471. The Bertz CT molecular complexity index is 574. The van der Waals surface area contributed by atoms with Crippen LogP contribution in [0.15, 0.2) is 40.4 Å². The smallest absolute Gasteiger partial charge is 0.432 e. The zero-order chi connectivity index (χ0) is 14.8. The van der Waals surface area contributed by atoms with Gasteiger partial charge in [0.2, 0.25) is 5.39 Å². The van der Waals surface area contributed by atoms with Gasteiger partial charge < -0.3 is 9.52 Å². The number of hydrogen-bond donors (Lipinski definition) is 1. The van der Waals surface area contributed by atoms with Gasteiger partial charge in [-0.1, -0.05) is 25.5 Å². The summed E-state index contributed by atoms with van der Waals surface area (Å²) in [6, 6.07) is 1.67. The van der Waals surface area contributed by atoms with E-state index in [1.54, 1.807) is 6.07 Å². The summed E-state index contributed by atoms with van der Waals surface area (Å²) in [5.74, 6) is 0.349. The molecule has 1 atom stereocenters. The predicted octanol–water partition coefficient (Wildman–Crippen LogP) is 5.13. The van der Waals surface area contributed by atoms with E-state index < -0.39 is 0 Å². The Morgan fingerprint density at radius 3 is 2.85 bits per heavy atom. The minimum absolute atomic E-state index is 0.0987. The lowest BCUT2D eigenvalue weighted by atomic mass is 9.67. The maximum atomic E-state index is 10.3. The van der Waals surface area contributed by atoms with Crippen molar-refractivity contribution < 1.29 is 9.52 Å². The van der Waals surface area contributed by atoms with E-state index >= 15 is 0 Å². The highest BCUT2D eigenvalue weighted by atomic mass is 16.3. The molecule has 106 valence electrons. The fraction of sp³-hybridized carbons (Fsp3) is 0.500. The molecule has 1 unspecified atom stereocenters. The lowest BCUT2D eigenvalue weighted by Gasteiger charge is -2.38. The van der Waals surface area contributed by atoms with Gasteiger partial charge in [0.15, 0.2) is 10.7 Å². The van der Waals surface area contributed by atoms with Crippen LogP contribution in [0.1, 0.15) is 45.6 Å². The van der Waals surface area contributed by atoms with Gasteiger partial charge in [0.1, 0.15) is 11.8 Å². The molecular weight excluding hydrogens is 252 g/mol. The van der Waals surface area contributed by atoms with Crippen LogP contribution < -0.4 is 0 Å². The fourth-order valence-corrected chi connectivity index (χ4v) is 3.01. The van der Waals surface area contributed by atoms with Crippen molar-refractivity contribution in [2.24, 2.45) is 11.3 Å². The molecule has 0 amide bonds. The zero-order valence-electron chi connectivity index (χ0n) is 12.3. The molecule has 0 spiro atoms. The van der Waals surface area contributed by atoms with Gasteiger partial charge in [-0.25, -0.2) is 0 Å². The average Bonchev–Trinajstić information content (AvgIpc) is 2.88. The van der Waals surface area contributed by atoms with E-state index in [1.807, 2.05) is 0 Å². The molecule has 0 bridgehead atoms. The molecule has 4 heteroatoms. The second-order valence-electron chi connectivity index (χ2n) is 6.14. The Morgan fingerprint density at radius 1 is 1.55 bits per heavy atom. The van der Waals surface area contributed by atoms with Crippen LogP contribution in [0.4, 0.5) is 0 Å². The molecule has 0 saturated heterocycles. The Morgan fingerprint density at radius 2 is 2.30 bits per heavy atom. The van der Waals surface area contributed by atoms with Gasteiger partial charge in [-0.05, 0) is 37.2 Å². The summed E-state index contributed by atoms with van der Waals surface area (Å²) in [7, 11) is 0. The SMILES string of the molecule is CC1=CCCC(C)(C)C1C/C(O)=C(\[N+]#N)c1ccoc1. The Labute approximate surface area is 119 Å². The number of diazo groups is 1. The maximum absolute atomic E-state index is 10.3. The van der Waals surface area contributed by atoms with Gasteiger partial charge in [-0.3, -0.25) is 0 Å². The van der Waals surface area contributed by atoms with E-state index in [9.17, 15) is 5.11 Å². The van der Waals surface area contributed by atoms with Crippen LogP contribution in [0, 0.1) is 16.7 Å². The molecule has 4 nitrogen and oxygen atoms in total. The van der Waals surface area contributed by atoms with Crippen LogP contribution >= 0.6 is 0 Å². The highest BCUT2D eigenvalue weighted by Crippen LogP contribution is 2.44. The summed E-state index contributed by atoms with van der Waals surface area (Å²) < 4.78 is 4.97. The molecular formula is C16H21N2O2+. The largest absolute Gasteiger partial charge is 0.505 e. The van der Waals surface area contributed by atoms with E-state index in [1.165, 1.54) is 18.1 Å². The van der Waals surface area contributed by atoms with Crippen molar-refractivity contribution in [3.05, 3.63) is 46.5 Å². The van der Waals surface area contributed by atoms with Gasteiger partial charge >= 0.3 is 5.70 Å². The van der Waals surface area contributed by atoms with Crippen molar-refractivity contribution in [2.45, 2.75) is 40.0 Å². The molecule has 0 aliphatic heterocycles. The van der Waals surface area contributed by atoms with Crippen molar-refractivity contribution in [2.75, 3.05) is 0 Å². The first kappa shape index (κ1) is 14.4. The van der Waals surface area contributed by atoms with Gasteiger partial charge in [0, 0.05) is 6.42 Å². The first-order valence-electron chi connectivity index (χ1n) is 6.92. The van der Waals surface area contributed by atoms with Crippen molar-refractivity contribution in [1.29, 1.82) is 5.39 Å². The van der Waals surface area contributed by atoms with Crippen LogP contribution in [-0.2, 0) is 0 Å². The monoisotopic (exact) mass is 273 g/mol. The summed E-state index contributed by atoms with van der Waals surface area (Å²) in [6.07, 6.45) is 7.83. The first-order valence-corrected chi connectivity index (χ1v) is 6.92. The number of nitrogens with zero attached hydrogens (tertiary/aromatic N) is 2. The van der Waals surface area contributed by atoms with Crippen molar-refractivity contribution in [1.82, 2.24) is 0 Å². The molecule has 0 saturated carbocycles. The number of furan rings is 1. The molecule has 0 radical (unpaired) electrons. The van der Waals surface area contributed by atoms with E-state index in [0.29, 0.717) is 12.0 Å². The summed E-state index contributed by atoms with van der Waals surface area (Å²) >= 11 is 0. The van der Waals surface area contributed by atoms with E-state index in [-0.39, 0.29) is 22.8 Å². The molecule has 0 aromatic carbocycles. The van der Waals surface area contributed by atoms with E-state index in [2.05, 4.69) is 31.8 Å². The fourth-order valence-electron chi connectivity index (χ4n) is 3.01. The number of aliphatic hydroxyl groups excluding tert-OH is 1.